The van der Waals surface area contributed by atoms with Gasteiger partial charge in [0.25, 0.3) is 0 Å². The fourth-order valence-corrected chi connectivity index (χ4v) is 4.65. The van der Waals surface area contributed by atoms with Gasteiger partial charge in [0, 0.05) is 38.9 Å². The summed E-state index contributed by atoms with van der Waals surface area (Å²) in [5, 5.41) is 11.3. The van der Waals surface area contributed by atoms with Gasteiger partial charge in [-0.2, -0.15) is 0 Å². The van der Waals surface area contributed by atoms with Gasteiger partial charge >= 0.3 is 7.82 Å². The van der Waals surface area contributed by atoms with Gasteiger partial charge in [0.05, 0.1) is 12.7 Å². The first-order valence-electron chi connectivity index (χ1n) is 14.6. The lowest BCUT2D eigenvalue weighted by atomic mass is 10.1. The molecule has 0 saturated heterocycles. The summed E-state index contributed by atoms with van der Waals surface area (Å²) in [6.45, 7) is 10.1. The smallest absolute Gasteiger partial charge is 0.356 e. The van der Waals surface area contributed by atoms with E-state index in [0.717, 1.165) is 38.5 Å². The van der Waals surface area contributed by atoms with Crippen molar-refractivity contribution < 1.29 is 37.7 Å². The number of phosphoric ester groups is 1. The number of carbonyl (C=O) groups excluding carboxylic acids is 4. The van der Waals surface area contributed by atoms with Gasteiger partial charge < -0.3 is 26.2 Å². The largest absolute Gasteiger partial charge is 0.472 e. The molecule has 12 nitrogen and oxygen atoms in total. The Morgan fingerprint density at radius 1 is 0.750 bits per heavy atom. The number of phosphoric acid groups is 1. The zero-order valence-electron chi connectivity index (χ0n) is 25.1. The van der Waals surface area contributed by atoms with Gasteiger partial charge in [-0.25, -0.2) is 4.57 Å². The molecule has 0 aromatic carbocycles. The van der Waals surface area contributed by atoms with Crippen molar-refractivity contribution in [3.63, 3.8) is 0 Å². The van der Waals surface area contributed by atoms with Gasteiger partial charge in [-0.15, -0.1) is 0 Å². The van der Waals surface area contributed by atoms with Crippen LogP contribution in [0.5, 0.6) is 0 Å². The summed E-state index contributed by atoms with van der Waals surface area (Å²) in [4.78, 5) is 57.1. The molecule has 1 unspecified atom stereocenters. The highest BCUT2D eigenvalue weighted by molar-refractivity contribution is 7.47. The Balaban J connectivity index is 3.97. The minimum absolute atomic E-state index is 0.0109. The van der Waals surface area contributed by atoms with E-state index < -0.39 is 20.0 Å². The van der Waals surface area contributed by atoms with E-state index in [2.05, 4.69) is 21.3 Å². The van der Waals surface area contributed by atoms with E-state index in [1.165, 1.54) is 6.92 Å². The van der Waals surface area contributed by atoms with E-state index >= 15 is 0 Å². The first kappa shape index (κ1) is 38.0. The van der Waals surface area contributed by atoms with Gasteiger partial charge in [0.15, 0.2) is 0 Å². The summed E-state index contributed by atoms with van der Waals surface area (Å²) >= 11 is 0. The molecule has 0 rings (SSSR count). The monoisotopic (exact) mass is 592 g/mol. The molecule has 5 N–H and O–H groups in total. The van der Waals surface area contributed by atoms with Crippen LogP contribution in [0, 0.1) is 5.92 Å². The Labute approximate surface area is 240 Å². The van der Waals surface area contributed by atoms with Gasteiger partial charge in [-0.1, -0.05) is 33.1 Å². The second-order valence-corrected chi connectivity index (χ2v) is 11.9. The van der Waals surface area contributed by atoms with E-state index in [9.17, 15) is 28.6 Å². The molecule has 0 heterocycles. The van der Waals surface area contributed by atoms with E-state index in [0.29, 0.717) is 51.7 Å². The van der Waals surface area contributed by atoms with Crippen molar-refractivity contribution in [3.05, 3.63) is 0 Å². The first-order chi connectivity index (χ1) is 18.8. The molecule has 0 aromatic rings. The molecule has 0 saturated carbocycles. The molecule has 0 bridgehead atoms. The number of rotatable bonds is 24. The van der Waals surface area contributed by atoms with Crippen LogP contribution < -0.4 is 21.3 Å². The van der Waals surface area contributed by atoms with Crippen LogP contribution in [0.2, 0.25) is 0 Å². The Bertz CT molecular complexity index is 794. The number of hydrogen-bond donors (Lipinski definition) is 5. The maximum atomic E-state index is 12.5. The lowest BCUT2D eigenvalue weighted by Gasteiger charge is -2.18. The zero-order valence-corrected chi connectivity index (χ0v) is 26.0. The lowest BCUT2D eigenvalue weighted by Crippen LogP contribution is -2.46. The minimum Gasteiger partial charge on any atom is -0.356 e. The molecule has 0 aliphatic heterocycles. The molecule has 4 amide bonds. The van der Waals surface area contributed by atoms with Crippen LogP contribution in [0.15, 0.2) is 0 Å². The Morgan fingerprint density at radius 3 is 1.90 bits per heavy atom. The second-order valence-electron chi connectivity index (χ2n) is 10.5. The average Bonchev–Trinajstić information content (AvgIpc) is 2.85. The van der Waals surface area contributed by atoms with Gasteiger partial charge in [0.2, 0.25) is 23.6 Å². The maximum absolute atomic E-state index is 12.5. The predicted molar refractivity (Wildman–Crippen MR) is 154 cm³/mol. The molecule has 0 aliphatic rings. The zero-order chi connectivity index (χ0) is 30.4. The van der Waals surface area contributed by atoms with E-state index in [-0.39, 0.29) is 36.2 Å². The number of hydrogen-bond acceptors (Lipinski definition) is 7. The summed E-state index contributed by atoms with van der Waals surface area (Å²) in [5.41, 5.74) is 0. The molecule has 0 fully saturated rings. The topological polar surface area (TPSA) is 172 Å². The van der Waals surface area contributed by atoms with Crippen LogP contribution in [0.4, 0.5) is 0 Å². The van der Waals surface area contributed by atoms with Crippen molar-refractivity contribution in [2.24, 2.45) is 5.92 Å². The summed E-state index contributed by atoms with van der Waals surface area (Å²) in [5.74, 6) is -0.505. The fraction of sp³-hybridized carbons (Fsp3) is 0.852. The van der Waals surface area contributed by atoms with Crippen LogP contribution in [0.1, 0.15) is 105 Å². The fourth-order valence-electron chi connectivity index (χ4n) is 3.70. The quantitative estimate of drug-likeness (QED) is 0.0839. The normalized spacial score (nSPS) is 13.5. The molecule has 40 heavy (non-hydrogen) atoms. The van der Waals surface area contributed by atoms with Crippen molar-refractivity contribution in [1.29, 1.82) is 0 Å². The molecule has 234 valence electrons. The third-order valence-corrected chi connectivity index (χ3v) is 7.01. The summed E-state index contributed by atoms with van der Waals surface area (Å²) in [6.07, 6.45) is 7.27. The molecule has 13 heteroatoms. The standard InChI is InChI=1S/C27H53N4O8P/c1-21(2)26(34)29-18-12-8-9-16-25(33)28-17-13-10-15-24(31-23(5)32)27(35)30-19-11-6-7-14-20-38-40(36,37)39-22(3)4/h21-22,24H,6-20H2,1-5H3,(H,28,33)(H,29,34)(H,30,35)(H,31,32)(H,36,37)/t24-/m0/s1. The van der Waals surface area contributed by atoms with Gasteiger partial charge in [0.1, 0.15) is 6.04 Å². The van der Waals surface area contributed by atoms with Crippen molar-refractivity contribution in [2.75, 3.05) is 26.2 Å². The molecule has 0 spiro atoms. The van der Waals surface area contributed by atoms with Crippen LogP contribution in [-0.2, 0) is 32.8 Å². The molecule has 0 aliphatic carbocycles. The van der Waals surface area contributed by atoms with Gasteiger partial charge in [-0.3, -0.25) is 28.2 Å². The summed E-state index contributed by atoms with van der Waals surface area (Å²) in [7, 11) is -4.00. The molecular formula is C27H53N4O8P. The Hall–Kier alpha value is -2.01. The highest BCUT2D eigenvalue weighted by atomic mass is 31.2. The van der Waals surface area contributed by atoms with Crippen molar-refractivity contribution >= 4 is 31.5 Å². The summed E-state index contributed by atoms with van der Waals surface area (Å²) in [6, 6.07) is -0.627. The second kappa shape index (κ2) is 22.7. The van der Waals surface area contributed by atoms with Crippen molar-refractivity contribution in [1.82, 2.24) is 21.3 Å². The van der Waals surface area contributed by atoms with Crippen LogP contribution in [0.25, 0.3) is 0 Å². The maximum Gasteiger partial charge on any atom is 0.472 e. The lowest BCUT2D eigenvalue weighted by molar-refractivity contribution is -0.128. The van der Waals surface area contributed by atoms with Crippen LogP contribution in [0.3, 0.4) is 0 Å². The molecule has 0 radical (unpaired) electrons. The SMILES string of the molecule is CC(=O)N[C@@H](CCCCNC(=O)CCCCCNC(=O)C(C)C)C(=O)NCCCCCCOP(=O)(O)OC(C)C. The van der Waals surface area contributed by atoms with E-state index in [1.807, 2.05) is 13.8 Å². The highest BCUT2D eigenvalue weighted by Crippen LogP contribution is 2.44. The minimum atomic E-state index is -4.00. The van der Waals surface area contributed by atoms with E-state index in [4.69, 9.17) is 9.05 Å². The number of amides is 4. The van der Waals surface area contributed by atoms with Crippen molar-refractivity contribution in [2.45, 2.75) is 117 Å². The van der Waals surface area contributed by atoms with Gasteiger partial charge in [-0.05, 0) is 58.8 Å². The number of nitrogens with one attached hydrogen (secondary N) is 4. The molecule has 0 aromatic heterocycles. The highest BCUT2D eigenvalue weighted by Gasteiger charge is 2.22. The predicted octanol–water partition coefficient (Wildman–Crippen LogP) is 3.33. The first-order valence-corrected chi connectivity index (χ1v) is 16.1. The number of unbranched alkanes of at least 4 members (excludes halogenated alkanes) is 6. The molecular weight excluding hydrogens is 539 g/mol. The van der Waals surface area contributed by atoms with Crippen LogP contribution >= 0.6 is 7.82 Å². The average molecular weight is 593 g/mol. The Kier molecular flexibility index (Phi) is 21.5. The third-order valence-electron chi connectivity index (χ3n) is 5.81. The van der Waals surface area contributed by atoms with Crippen molar-refractivity contribution in [3.8, 4) is 0 Å². The molecule has 2 atom stereocenters. The number of carbonyl (C=O) groups is 4. The summed E-state index contributed by atoms with van der Waals surface area (Å²) < 4.78 is 21.4. The third kappa shape index (κ3) is 22.8. The Morgan fingerprint density at radius 2 is 1.30 bits per heavy atom. The van der Waals surface area contributed by atoms with Crippen LogP contribution in [-0.4, -0.2) is 66.9 Å². The van der Waals surface area contributed by atoms with E-state index in [1.54, 1.807) is 13.8 Å².